The zero-order valence-electron chi connectivity index (χ0n) is 22.4. The molecule has 0 unspecified atom stereocenters. The summed E-state index contributed by atoms with van der Waals surface area (Å²) in [5, 5.41) is 21.4. The highest BCUT2D eigenvalue weighted by molar-refractivity contribution is 6.42. The first kappa shape index (κ1) is 30.3. The van der Waals surface area contributed by atoms with Gasteiger partial charge >= 0.3 is 11.9 Å². The maximum Gasteiger partial charge on any atom is 0.326 e. The van der Waals surface area contributed by atoms with Gasteiger partial charge in [0, 0.05) is 31.3 Å². The van der Waals surface area contributed by atoms with Gasteiger partial charge in [0.25, 0.3) is 5.91 Å². The van der Waals surface area contributed by atoms with Crippen molar-refractivity contribution in [2.24, 2.45) is 4.99 Å². The molecule has 0 radical (unpaired) electrons. The number of nitrogens with one attached hydrogen (secondary N) is 1. The van der Waals surface area contributed by atoms with Crippen LogP contribution in [0.3, 0.4) is 0 Å². The summed E-state index contributed by atoms with van der Waals surface area (Å²) >= 11 is 12.3. The number of carboxylic acids is 2. The van der Waals surface area contributed by atoms with Crippen molar-refractivity contribution in [2.45, 2.75) is 25.4 Å². The Bertz CT molecular complexity index is 1550. The summed E-state index contributed by atoms with van der Waals surface area (Å²) in [7, 11) is 1.85. The Morgan fingerprint density at radius 2 is 1.79 bits per heavy atom. The number of anilines is 4. The van der Waals surface area contributed by atoms with E-state index in [4.69, 9.17) is 44.8 Å². The Kier molecular flexibility index (Phi) is 9.33. The lowest BCUT2D eigenvalue weighted by Gasteiger charge is -2.31. The fraction of sp³-hybridized carbons (Fsp3) is 0.259. The molecule has 0 aliphatic carbocycles. The molecule has 2 heterocycles. The van der Waals surface area contributed by atoms with Gasteiger partial charge in [0.05, 0.1) is 28.8 Å². The van der Waals surface area contributed by atoms with Crippen LogP contribution in [0.1, 0.15) is 28.8 Å². The lowest BCUT2D eigenvalue weighted by atomic mass is 10.1. The fourth-order valence-corrected chi connectivity index (χ4v) is 4.69. The first-order chi connectivity index (χ1) is 19.9. The van der Waals surface area contributed by atoms with Crippen molar-refractivity contribution in [3.63, 3.8) is 0 Å². The summed E-state index contributed by atoms with van der Waals surface area (Å²) in [5.41, 5.74) is 15.1. The molecule has 0 saturated heterocycles. The lowest BCUT2D eigenvalue weighted by Crippen LogP contribution is -2.41. The quantitative estimate of drug-likeness (QED) is 0.212. The second-order valence-electron chi connectivity index (χ2n) is 9.62. The average Bonchev–Trinajstić information content (AvgIpc) is 2.93. The number of amides is 1. The number of aromatic nitrogens is 2. The van der Waals surface area contributed by atoms with Crippen LogP contribution >= 0.6 is 23.2 Å². The van der Waals surface area contributed by atoms with E-state index in [9.17, 15) is 19.5 Å². The number of nitrogen functional groups attached to an aromatic ring is 2. The maximum absolute atomic E-state index is 12.6. The fourth-order valence-electron chi connectivity index (χ4n) is 4.37. The van der Waals surface area contributed by atoms with Crippen LogP contribution < -0.4 is 26.6 Å². The predicted octanol–water partition coefficient (Wildman–Crippen LogP) is 3.22. The minimum Gasteiger partial charge on any atom is -0.481 e. The van der Waals surface area contributed by atoms with Crippen molar-refractivity contribution in [1.29, 1.82) is 0 Å². The van der Waals surface area contributed by atoms with E-state index in [1.807, 2.05) is 22.9 Å². The van der Waals surface area contributed by atoms with Crippen LogP contribution in [0.4, 0.5) is 29.0 Å². The molecule has 220 valence electrons. The number of hydrogen-bond acceptors (Lipinski definition) is 10. The number of nitrogens with two attached hydrogens (primary N) is 2. The molecule has 0 fully saturated rings. The van der Waals surface area contributed by atoms with E-state index in [-0.39, 0.29) is 30.2 Å². The van der Waals surface area contributed by atoms with Crippen LogP contribution in [-0.2, 0) is 16.1 Å². The first-order valence-electron chi connectivity index (χ1n) is 12.7. The monoisotopic (exact) mass is 614 g/mol. The number of halogens is 2. The summed E-state index contributed by atoms with van der Waals surface area (Å²) < 4.78 is 0. The third kappa shape index (κ3) is 7.36. The standard InChI is InChI=1S/C27H28Cl2N8O5/c1-36(17-5-3-15(4-6-17)25(40)33-20(26(41)42)8-9-21(38)39)12-16-13-37(11-14-2-7-18(28)19(29)10-14)24-22(32-16)23(30)34-27(31)35-24/h2-7,10,20H,8-9,11-13H2,1H3,(H,33,40)(H,38,39)(H,41,42)(H4,30,31,34,35)/t20-/m0/s1. The molecular weight excluding hydrogens is 587 g/mol. The van der Waals surface area contributed by atoms with Crippen molar-refractivity contribution < 1.29 is 24.6 Å². The summed E-state index contributed by atoms with van der Waals surface area (Å²) in [6, 6.07) is 10.6. The lowest BCUT2D eigenvalue weighted by molar-refractivity contribution is -0.140. The number of carbonyl (C=O) groups excluding carboxylic acids is 1. The van der Waals surface area contributed by atoms with Crippen LogP contribution in [0.2, 0.25) is 10.0 Å². The Labute approximate surface area is 250 Å². The Morgan fingerprint density at radius 1 is 1.07 bits per heavy atom. The predicted molar refractivity (Wildman–Crippen MR) is 161 cm³/mol. The number of rotatable bonds is 11. The molecule has 42 heavy (non-hydrogen) atoms. The number of nitrogens with zero attached hydrogens (tertiary/aromatic N) is 5. The molecule has 0 spiro atoms. The molecule has 7 N–H and O–H groups in total. The van der Waals surface area contributed by atoms with Crippen LogP contribution in [-0.4, -0.2) is 69.9 Å². The molecule has 15 heteroatoms. The van der Waals surface area contributed by atoms with Crippen LogP contribution in [0.25, 0.3) is 0 Å². The number of aliphatic carboxylic acids is 2. The number of aliphatic imine (C=N–C) groups is 1. The molecule has 1 atom stereocenters. The van der Waals surface area contributed by atoms with Gasteiger partial charge in [-0.15, -0.1) is 0 Å². The highest BCUT2D eigenvalue weighted by Gasteiger charge is 2.26. The number of fused-ring (bicyclic) bond motifs is 1. The number of hydrogen-bond donors (Lipinski definition) is 5. The Balaban J connectivity index is 1.49. The molecular formula is C27H28Cl2N8O5. The summed E-state index contributed by atoms with van der Waals surface area (Å²) in [6.07, 6.45) is -0.613. The van der Waals surface area contributed by atoms with E-state index < -0.39 is 23.9 Å². The molecule has 0 bridgehead atoms. The highest BCUT2D eigenvalue weighted by Crippen LogP contribution is 2.36. The molecule has 13 nitrogen and oxygen atoms in total. The third-order valence-corrected chi connectivity index (χ3v) is 7.19. The molecule has 0 saturated carbocycles. The number of carbonyl (C=O) groups is 3. The maximum atomic E-state index is 12.6. The first-order valence-corrected chi connectivity index (χ1v) is 13.4. The van der Waals surface area contributed by atoms with Gasteiger partial charge in [-0.25, -0.2) is 9.79 Å². The zero-order chi connectivity index (χ0) is 30.6. The van der Waals surface area contributed by atoms with Crippen LogP contribution in [0.15, 0.2) is 47.5 Å². The van der Waals surface area contributed by atoms with E-state index >= 15 is 0 Å². The minimum absolute atomic E-state index is 0.0295. The van der Waals surface area contributed by atoms with Crippen molar-refractivity contribution in [2.75, 3.05) is 41.4 Å². The molecule has 1 aromatic heterocycles. The van der Waals surface area contributed by atoms with Crippen molar-refractivity contribution in [3.05, 3.63) is 63.6 Å². The normalized spacial score (nSPS) is 13.1. The van der Waals surface area contributed by atoms with Gasteiger partial charge in [0.2, 0.25) is 5.95 Å². The summed E-state index contributed by atoms with van der Waals surface area (Å²) in [6.45, 7) is 1.22. The van der Waals surface area contributed by atoms with E-state index in [0.717, 1.165) is 17.0 Å². The minimum atomic E-state index is -1.32. The average molecular weight is 615 g/mol. The van der Waals surface area contributed by atoms with Crippen LogP contribution in [0, 0.1) is 0 Å². The van der Waals surface area contributed by atoms with Gasteiger partial charge in [-0.2, -0.15) is 9.97 Å². The van der Waals surface area contributed by atoms with Crippen molar-refractivity contribution in [1.82, 2.24) is 15.3 Å². The smallest absolute Gasteiger partial charge is 0.326 e. The Hall–Kier alpha value is -4.62. The molecule has 2 aromatic carbocycles. The highest BCUT2D eigenvalue weighted by atomic mass is 35.5. The molecule has 1 aliphatic rings. The van der Waals surface area contributed by atoms with E-state index in [0.29, 0.717) is 41.2 Å². The molecule has 3 aromatic rings. The second kappa shape index (κ2) is 12.9. The Morgan fingerprint density at radius 3 is 2.43 bits per heavy atom. The summed E-state index contributed by atoms with van der Waals surface area (Å²) in [5.74, 6) is -2.40. The van der Waals surface area contributed by atoms with E-state index in [1.165, 1.54) is 0 Å². The largest absolute Gasteiger partial charge is 0.481 e. The van der Waals surface area contributed by atoms with E-state index in [1.54, 1.807) is 36.4 Å². The topological polar surface area (TPSA) is 200 Å². The molecule has 1 amide bonds. The van der Waals surface area contributed by atoms with Gasteiger partial charge in [-0.3, -0.25) is 9.59 Å². The van der Waals surface area contributed by atoms with Gasteiger partial charge in [0.1, 0.15) is 11.7 Å². The number of carboxylic acid groups (broad SMARTS) is 2. The zero-order valence-corrected chi connectivity index (χ0v) is 23.9. The van der Waals surface area contributed by atoms with Gasteiger partial charge in [-0.05, 0) is 48.4 Å². The van der Waals surface area contributed by atoms with Gasteiger partial charge in [0.15, 0.2) is 11.6 Å². The van der Waals surface area contributed by atoms with Gasteiger partial charge < -0.3 is 36.8 Å². The van der Waals surface area contributed by atoms with Gasteiger partial charge in [-0.1, -0.05) is 29.3 Å². The summed E-state index contributed by atoms with van der Waals surface area (Å²) in [4.78, 5) is 51.8. The van der Waals surface area contributed by atoms with Crippen LogP contribution in [0.5, 0.6) is 0 Å². The molecule has 4 rings (SSSR count). The third-order valence-electron chi connectivity index (χ3n) is 6.45. The molecule has 1 aliphatic heterocycles. The number of benzene rings is 2. The van der Waals surface area contributed by atoms with Crippen molar-refractivity contribution >= 4 is 75.7 Å². The SMILES string of the molecule is CN(CC1=Nc2c(N)nc(N)nc2N(Cc2ccc(Cl)c(Cl)c2)C1)c1ccc(C(=O)N[C@@H](CCC(=O)O)C(=O)O)cc1. The van der Waals surface area contributed by atoms with Crippen molar-refractivity contribution in [3.8, 4) is 0 Å². The second-order valence-corrected chi connectivity index (χ2v) is 10.4. The van der Waals surface area contributed by atoms with E-state index in [2.05, 4.69) is 15.3 Å².